The Morgan fingerprint density at radius 3 is 2.69 bits per heavy atom. The lowest BCUT2D eigenvalue weighted by Gasteiger charge is -2.29. The number of nitrogens with zero attached hydrogens (tertiary/aromatic N) is 3. The molecule has 1 saturated heterocycles. The van der Waals surface area contributed by atoms with Crippen LogP contribution in [-0.2, 0) is 4.79 Å². The number of rotatable bonds is 9. The standard InChI is InChI=1S/C20H25ClN4O/c1-2-3-11-20(23-24-20)12-10-19(26)22-15-18(25-13-6-7-14-25)16-8-4-5-9-17(16)21/h1,4-5,8-9,18H,3,6-7,10-15H2,(H,22,26). The molecule has 138 valence electrons. The molecule has 2 aliphatic heterocycles. The molecule has 2 aliphatic rings. The molecule has 0 bridgehead atoms. The first-order valence-electron chi connectivity index (χ1n) is 9.26. The fraction of sp³-hybridized carbons (Fsp3) is 0.550. The molecular weight excluding hydrogens is 348 g/mol. The van der Waals surface area contributed by atoms with Gasteiger partial charge in [0.25, 0.3) is 0 Å². The first-order chi connectivity index (χ1) is 12.6. The second-order valence-corrected chi connectivity index (χ2v) is 7.38. The van der Waals surface area contributed by atoms with Crippen molar-refractivity contribution in [2.75, 3.05) is 19.6 Å². The summed E-state index contributed by atoms with van der Waals surface area (Å²) in [6, 6.07) is 8.00. The van der Waals surface area contributed by atoms with Gasteiger partial charge in [0.15, 0.2) is 5.66 Å². The zero-order chi connectivity index (χ0) is 18.4. The summed E-state index contributed by atoms with van der Waals surface area (Å²) >= 11 is 6.41. The molecule has 1 N–H and O–H groups in total. The summed E-state index contributed by atoms with van der Waals surface area (Å²) in [5, 5.41) is 12.0. The fourth-order valence-corrected chi connectivity index (χ4v) is 3.78. The maximum Gasteiger partial charge on any atom is 0.220 e. The Morgan fingerprint density at radius 2 is 2.04 bits per heavy atom. The predicted molar refractivity (Wildman–Crippen MR) is 103 cm³/mol. The zero-order valence-electron chi connectivity index (χ0n) is 15.0. The minimum Gasteiger partial charge on any atom is -0.354 e. The van der Waals surface area contributed by atoms with E-state index in [1.807, 2.05) is 24.3 Å². The van der Waals surface area contributed by atoms with E-state index in [0.717, 1.165) is 30.1 Å². The molecule has 0 saturated carbocycles. The molecular formula is C20H25ClN4O. The van der Waals surface area contributed by atoms with Crippen LogP contribution in [0, 0.1) is 12.3 Å². The van der Waals surface area contributed by atoms with Crippen molar-refractivity contribution in [2.24, 2.45) is 10.2 Å². The normalized spacial score (nSPS) is 19.1. The lowest BCUT2D eigenvalue weighted by atomic mass is 10.0. The number of nitrogens with one attached hydrogen (secondary N) is 1. The van der Waals surface area contributed by atoms with E-state index in [-0.39, 0.29) is 11.9 Å². The minimum atomic E-state index is -0.402. The Hall–Kier alpha value is -1.90. The van der Waals surface area contributed by atoms with Crippen LogP contribution in [0.5, 0.6) is 0 Å². The molecule has 1 amide bonds. The van der Waals surface area contributed by atoms with Crippen LogP contribution in [0.2, 0.25) is 5.02 Å². The van der Waals surface area contributed by atoms with Crippen LogP contribution in [0.3, 0.4) is 0 Å². The van der Waals surface area contributed by atoms with Gasteiger partial charge in [0.05, 0.1) is 6.04 Å². The van der Waals surface area contributed by atoms with Gasteiger partial charge in [0.1, 0.15) is 0 Å². The minimum absolute atomic E-state index is 0.0265. The first kappa shape index (κ1) is 18.9. The number of hydrogen-bond acceptors (Lipinski definition) is 4. The molecule has 3 rings (SSSR count). The van der Waals surface area contributed by atoms with Crippen LogP contribution < -0.4 is 5.32 Å². The van der Waals surface area contributed by atoms with Gasteiger partial charge in [-0.3, -0.25) is 9.69 Å². The average molecular weight is 373 g/mol. The highest BCUT2D eigenvalue weighted by Crippen LogP contribution is 2.37. The summed E-state index contributed by atoms with van der Waals surface area (Å²) in [6.07, 6.45) is 10.1. The highest BCUT2D eigenvalue weighted by Gasteiger charge is 2.39. The SMILES string of the molecule is C#CCCC1(CCC(=O)NCC(c2ccccc2Cl)N2CCCC2)N=N1. The Kier molecular flexibility index (Phi) is 6.29. The molecule has 1 aromatic rings. The van der Waals surface area contributed by atoms with Crippen molar-refractivity contribution < 1.29 is 4.79 Å². The van der Waals surface area contributed by atoms with Crippen LogP contribution in [-0.4, -0.2) is 36.1 Å². The number of carbonyl (C=O) groups is 1. The lowest BCUT2D eigenvalue weighted by Crippen LogP contribution is -2.37. The average Bonchev–Trinajstić information content (AvgIpc) is 3.21. The van der Waals surface area contributed by atoms with Gasteiger partial charge < -0.3 is 5.32 Å². The third kappa shape index (κ3) is 4.84. The quantitative estimate of drug-likeness (QED) is 0.667. The summed E-state index contributed by atoms with van der Waals surface area (Å²) in [4.78, 5) is 14.7. The molecule has 0 aliphatic carbocycles. The van der Waals surface area contributed by atoms with E-state index in [9.17, 15) is 4.79 Å². The van der Waals surface area contributed by atoms with Crippen molar-refractivity contribution in [3.8, 4) is 12.3 Å². The van der Waals surface area contributed by atoms with E-state index in [1.165, 1.54) is 12.8 Å². The number of terminal acetylenes is 1. The topological polar surface area (TPSA) is 57.1 Å². The number of hydrogen-bond donors (Lipinski definition) is 1. The van der Waals surface area contributed by atoms with E-state index < -0.39 is 5.66 Å². The van der Waals surface area contributed by atoms with Crippen LogP contribution in [0.25, 0.3) is 0 Å². The Balaban J connectivity index is 1.54. The molecule has 1 unspecified atom stereocenters. The number of amides is 1. The molecule has 6 heteroatoms. The zero-order valence-corrected chi connectivity index (χ0v) is 15.7. The maximum atomic E-state index is 12.3. The summed E-state index contributed by atoms with van der Waals surface area (Å²) in [5.74, 6) is 2.63. The van der Waals surface area contributed by atoms with E-state index in [4.69, 9.17) is 18.0 Å². The van der Waals surface area contributed by atoms with Crippen LogP contribution >= 0.6 is 11.6 Å². The van der Waals surface area contributed by atoms with Gasteiger partial charge in [-0.2, -0.15) is 10.2 Å². The van der Waals surface area contributed by atoms with Gasteiger partial charge >= 0.3 is 0 Å². The second kappa shape index (κ2) is 8.66. The van der Waals surface area contributed by atoms with Gasteiger partial charge in [0, 0.05) is 37.3 Å². The Morgan fingerprint density at radius 1 is 1.31 bits per heavy atom. The van der Waals surface area contributed by atoms with E-state index in [0.29, 0.717) is 25.8 Å². The van der Waals surface area contributed by atoms with Crippen LogP contribution in [0.1, 0.15) is 50.1 Å². The fourth-order valence-electron chi connectivity index (χ4n) is 3.52. The molecule has 1 atom stereocenters. The van der Waals surface area contributed by atoms with Crippen molar-refractivity contribution >= 4 is 17.5 Å². The van der Waals surface area contributed by atoms with Gasteiger partial charge in [-0.1, -0.05) is 29.8 Å². The second-order valence-electron chi connectivity index (χ2n) is 6.97. The van der Waals surface area contributed by atoms with Crippen molar-refractivity contribution in [2.45, 2.75) is 50.2 Å². The first-order valence-corrected chi connectivity index (χ1v) is 9.64. The Labute approximate surface area is 160 Å². The van der Waals surface area contributed by atoms with E-state index in [2.05, 4.69) is 26.4 Å². The Bertz CT molecular complexity index is 700. The van der Waals surface area contributed by atoms with Gasteiger partial charge in [-0.25, -0.2) is 0 Å². The number of likely N-dealkylation sites (tertiary alicyclic amines) is 1. The third-order valence-electron chi connectivity index (χ3n) is 5.14. The van der Waals surface area contributed by atoms with Crippen molar-refractivity contribution in [1.82, 2.24) is 10.2 Å². The molecule has 1 fully saturated rings. The number of benzene rings is 1. The van der Waals surface area contributed by atoms with Gasteiger partial charge in [-0.15, -0.1) is 12.3 Å². The summed E-state index contributed by atoms with van der Waals surface area (Å²) in [7, 11) is 0. The maximum absolute atomic E-state index is 12.3. The van der Waals surface area contributed by atoms with Crippen molar-refractivity contribution in [3.63, 3.8) is 0 Å². The summed E-state index contributed by atoms with van der Waals surface area (Å²) in [5.41, 5.74) is 0.676. The largest absolute Gasteiger partial charge is 0.354 e. The molecule has 1 aromatic carbocycles. The highest BCUT2D eigenvalue weighted by atomic mass is 35.5. The molecule has 2 heterocycles. The molecule has 0 spiro atoms. The van der Waals surface area contributed by atoms with E-state index >= 15 is 0 Å². The summed E-state index contributed by atoms with van der Waals surface area (Å²) in [6.45, 7) is 2.64. The summed E-state index contributed by atoms with van der Waals surface area (Å²) < 4.78 is 0. The van der Waals surface area contributed by atoms with E-state index in [1.54, 1.807) is 0 Å². The smallest absolute Gasteiger partial charge is 0.220 e. The predicted octanol–water partition coefficient (Wildman–Crippen LogP) is 3.95. The van der Waals surface area contributed by atoms with Crippen LogP contribution in [0.4, 0.5) is 0 Å². The van der Waals surface area contributed by atoms with Crippen molar-refractivity contribution in [1.29, 1.82) is 0 Å². The monoisotopic (exact) mass is 372 g/mol. The van der Waals surface area contributed by atoms with Gasteiger partial charge in [0.2, 0.25) is 5.91 Å². The van der Waals surface area contributed by atoms with Gasteiger partial charge in [-0.05, 0) is 37.6 Å². The molecule has 26 heavy (non-hydrogen) atoms. The number of halogens is 1. The molecule has 0 aromatic heterocycles. The number of carbonyl (C=O) groups excluding carboxylic acids is 1. The molecule has 0 radical (unpaired) electrons. The van der Waals surface area contributed by atoms with Crippen molar-refractivity contribution in [3.05, 3.63) is 34.9 Å². The molecule has 5 nitrogen and oxygen atoms in total. The lowest BCUT2D eigenvalue weighted by molar-refractivity contribution is -0.121. The third-order valence-corrected chi connectivity index (χ3v) is 5.49. The van der Waals surface area contributed by atoms with Crippen LogP contribution in [0.15, 0.2) is 34.5 Å². The highest BCUT2D eigenvalue weighted by molar-refractivity contribution is 6.31.